The lowest BCUT2D eigenvalue weighted by molar-refractivity contribution is -0.0638. The molecule has 3 atom stereocenters. The van der Waals surface area contributed by atoms with Crippen LogP contribution in [-0.2, 0) is 9.47 Å². The van der Waals surface area contributed by atoms with Gasteiger partial charge in [-0.2, -0.15) is 0 Å². The summed E-state index contributed by atoms with van der Waals surface area (Å²) in [6, 6.07) is 0.151. The maximum Gasteiger partial charge on any atom is 0.0808 e. The van der Waals surface area contributed by atoms with E-state index in [9.17, 15) is 0 Å². The Hall–Kier alpha value is -0.120. The second kappa shape index (κ2) is 6.38. The molecule has 0 aliphatic carbocycles. The van der Waals surface area contributed by atoms with Crippen LogP contribution >= 0.6 is 0 Å². The van der Waals surface area contributed by atoms with Crippen LogP contribution in [0, 0.1) is 0 Å². The minimum absolute atomic E-state index is 0.144. The Morgan fingerprint density at radius 3 is 2.86 bits per heavy atom. The van der Waals surface area contributed by atoms with Gasteiger partial charge in [0.2, 0.25) is 0 Å². The molecule has 0 amide bonds. The van der Waals surface area contributed by atoms with Crippen molar-refractivity contribution in [2.24, 2.45) is 5.73 Å². The summed E-state index contributed by atoms with van der Waals surface area (Å²) in [5.74, 6) is 0. The molecular weight excluding hydrogens is 178 g/mol. The van der Waals surface area contributed by atoms with Crippen molar-refractivity contribution in [1.82, 2.24) is 0 Å². The standard InChI is InChI=1S/C11H23NO2/c1-3-11(12)9(2)14-8-10-6-4-5-7-13-10/h9-11H,3-8,12H2,1-2H3. The summed E-state index contributed by atoms with van der Waals surface area (Å²) in [7, 11) is 0. The monoisotopic (exact) mass is 201 g/mol. The molecule has 2 N–H and O–H groups in total. The van der Waals surface area contributed by atoms with Gasteiger partial charge < -0.3 is 15.2 Å². The minimum atomic E-state index is 0.144. The number of rotatable bonds is 5. The van der Waals surface area contributed by atoms with Crippen molar-refractivity contribution >= 4 is 0 Å². The molecule has 0 aromatic heterocycles. The van der Waals surface area contributed by atoms with Crippen LogP contribution < -0.4 is 5.73 Å². The first kappa shape index (κ1) is 12.0. The highest BCUT2D eigenvalue weighted by Gasteiger charge is 2.17. The molecule has 0 aromatic carbocycles. The normalized spacial score (nSPS) is 27.2. The Balaban J connectivity index is 2.12. The summed E-state index contributed by atoms with van der Waals surface area (Å²) in [6.45, 7) is 5.72. The molecule has 3 unspecified atom stereocenters. The summed E-state index contributed by atoms with van der Waals surface area (Å²) in [5, 5.41) is 0. The third-order valence-corrected chi connectivity index (χ3v) is 2.89. The van der Waals surface area contributed by atoms with Crippen molar-refractivity contribution in [2.75, 3.05) is 13.2 Å². The second-order valence-corrected chi connectivity index (χ2v) is 4.10. The zero-order valence-corrected chi connectivity index (χ0v) is 9.37. The van der Waals surface area contributed by atoms with Crippen molar-refractivity contribution in [3.05, 3.63) is 0 Å². The summed E-state index contributed by atoms with van der Waals surface area (Å²) < 4.78 is 11.3. The van der Waals surface area contributed by atoms with Gasteiger partial charge in [-0.25, -0.2) is 0 Å². The highest BCUT2D eigenvalue weighted by atomic mass is 16.5. The Kier molecular flexibility index (Phi) is 5.45. The van der Waals surface area contributed by atoms with Crippen LogP contribution in [-0.4, -0.2) is 31.5 Å². The maximum absolute atomic E-state index is 5.87. The quantitative estimate of drug-likeness (QED) is 0.736. The van der Waals surface area contributed by atoms with E-state index in [-0.39, 0.29) is 12.1 Å². The molecule has 0 aromatic rings. The molecule has 84 valence electrons. The van der Waals surface area contributed by atoms with E-state index in [1.807, 2.05) is 6.92 Å². The predicted octanol–water partition coefficient (Wildman–Crippen LogP) is 1.70. The molecule has 3 nitrogen and oxygen atoms in total. The highest BCUT2D eigenvalue weighted by Crippen LogP contribution is 2.13. The summed E-state index contributed by atoms with van der Waals surface area (Å²) >= 11 is 0. The van der Waals surface area contributed by atoms with E-state index in [0.717, 1.165) is 19.4 Å². The van der Waals surface area contributed by atoms with Crippen LogP contribution in [0.15, 0.2) is 0 Å². The smallest absolute Gasteiger partial charge is 0.0808 e. The van der Waals surface area contributed by atoms with E-state index in [0.29, 0.717) is 12.7 Å². The van der Waals surface area contributed by atoms with Gasteiger partial charge in [-0.05, 0) is 32.6 Å². The summed E-state index contributed by atoms with van der Waals surface area (Å²) in [6.07, 6.45) is 5.00. The zero-order valence-electron chi connectivity index (χ0n) is 9.37. The van der Waals surface area contributed by atoms with E-state index in [4.69, 9.17) is 15.2 Å². The lowest BCUT2D eigenvalue weighted by Crippen LogP contribution is -2.36. The van der Waals surface area contributed by atoms with Crippen LogP contribution in [0.4, 0.5) is 0 Å². The first-order valence-corrected chi connectivity index (χ1v) is 5.72. The SMILES string of the molecule is CCC(N)C(C)OCC1CCCCO1. The van der Waals surface area contributed by atoms with Crippen LogP contribution in [0.3, 0.4) is 0 Å². The molecule has 1 fully saturated rings. The van der Waals surface area contributed by atoms with Gasteiger partial charge in [-0.1, -0.05) is 6.92 Å². The molecular formula is C11H23NO2. The van der Waals surface area contributed by atoms with Crippen LogP contribution in [0.5, 0.6) is 0 Å². The maximum atomic E-state index is 5.87. The molecule has 1 aliphatic heterocycles. The minimum Gasteiger partial charge on any atom is -0.376 e. The van der Waals surface area contributed by atoms with Gasteiger partial charge >= 0.3 is 0 Å². The fourth-order valence-electron chi connectivity index (χ4n) is 1.65. The Morgan fingerprint density at radius 2 is 2.29 bits per heavy atom. The molecule has 1 aliphatic rings. The molecule has 1 heterocycles. The van der Waals surface area contributed by atoms with Gasteiger partial charge in [0.25, 0.3) is 0 Å². The van der Waals surface area contributed by atoms with Crippen molar-refractivity contribution in [3.63, 3.8) is 0 Å². The van der Waals surface area contributed by atoms with E-state index in [1.54, 1.807) is 0 Å². The number of ether oxygens (including phenoxy) is 2. The number of nitrogens with two attached hydrogens (primary N) is 1. The van der Waals surface area contributed by atoms with Gasteiger partial charge in [0.15, 0.2) is 0 Å². The van der Waals surface area contributed by atoms with E-state index < -0.39 is 0 Å². The van der Waals surface area contributed by atoms with Gasteiger partial charge in [-0.15, -0.1) is 0 Å². The molecule has 0 spiro atoms. The average molecular weight is 201 g/mol. The third-order valence-electron chi connectivity index (χ3n) is 2.89. The third kappa shape index (κ3) is 3.95. The van der Waals surface area contributed by atoms with Crippen LogP contribution in [0.25, 0.3) is 0 Å². The zero-order chi connectivity index (χ0) is 10.4. The lowest BCUT2D eigenvalue weighted by atomic mass is 10.1. The van der Waals surface area contributed by atoms with E-state index in [2.05, 4.69) is 6.92 Å². The topological polar surface area (TPSA) is 44.5 Å². The van der Waals surface area contributed by atoms with Crippen molar-refractivity contribution in [3.8, 4) is 0 Å². The van der Waals surface area contributed by atoms with E-state index >= 15 is 0 Å². The molecule has 1 saturated heterocycles. The highest BCUT2D eigenvalue weighted by molar-refractivity contribution is 4.69. The molecule has 0 radical (unpaired) electrons. The molecule has 0 bridgehead atoms. The predicted molar refractivity (Wildman–Crippen MR) is 57.3 cm³/mol. The molecule has 14 heavy (non-hydrogen) atoms. The lowest BCUT2D eigenvalue weighted by Gasteiger charge is -2.26. The Bertz CT molecular complexity index is 144. The Morgan fingerprint density at radius 1 is 1.50 bits per heavy atom. The van der Waals surface area contributed by atoms with Crippen molar-refractivity contribution in [2.45, 2.75) is 57.8 Å². The largest absolute Gasteiger partial charge is 0.376 e. The van der Waals surface area contributed by atoms with Crippen molar-refractivity contribution < 1.29 is 9.47 Å². The fourth-order valence-corrected chi connectivity index (χ4v) is 1.65. The summed E-state index contributed by atoms with van der Waals surface area (Å²) in [4.78, 5) is 0. The molecule has 3 heteroatoms. The molecule has 1 rings (SSSR count). The van der Waals surface area contributed by atoms with Gasteiger partial charge in [0.1, 0.15) is 0 Å². The second-order valence-electron chi connectivity index (χ2n) is 4.10. The Labute approximate surface area is 86.9 Å². The van der Waals surface area contributed by atoms with E-state index in [1.165, 1.54) is 12.8 Å². The summed E-state index contributed by atoms with van der Waals surface area (Å²) in [5.41, 5.74) is 5.87. The van der Waals surface area contributed by atoms with Crippen LogP contribution in [0.2, 0.25) is 0 Å². The first-order valence-electron chi connectivity index (χ1n) is 5.72. The average Bonchev–Trinajstić information content (AvgIpc) is 2.26. The number of hydrogen-bond donors (Lipinski definition) is 1. The first-order chi connectivity index (χ1) is 6.74. The molecule has 0 saturated carbocycles. The van der Waals surface area contributed by atoms with Crippen LogP contribution in [0.1, 0.15) is 39.5 Å². The fraction of sp³-hybridized carbons (Fsp3) is 1.00. The van der Waals surface area contributed by atoms with Gasteiger partial charge in [-0.3, -0.25) is 0 Å². The number of hydrogen-bond acceptors (Lipinski definition) is 3. The van der Waals surface area contributed by atoms with Gasteiger partial charge in [0, 0.05) is 12.6 Å². The van der Waals surface area contributed by atoms with Gasteiger partial charge in [0.05, 0.1) is 18.8 Å². The van der Waals surface area contributed by atoms with Crippen molar-refractivity contribution in [1.29, 1.82) is 0 Å².